The van der Waals surface area contributed by atoms with E-state index in [0.29, 0.717) is 34.5 Å². The Hall–Kier alpha value is -7.18. The van der Waals surface area contributed by atoms with Crippen LogP contribution in [0.5, 0.6) is 34.5 Å². The fourth-order valence-electron chi connectivity index (χ4n) is 11.9. The highest BCUT2D eigenvalue weighted by atomic mass is 16.3. The maximum atomic E-state index is 12.1. The van der Waals surface area contributed by atoms with Crippen LogP contribution in [0.1, 0.15) is 224 Å². The number of hydrogen-bond acceptors (Lipinski definition) is 6. The van der Waals surface area contributed by atoms with Gasteiger partial charge in [0.25, 0.3) is 0 Å². The van der Waals surface area contributed by atoms with Crippen LogP contribution >= 0.6 is 0 Å². The molecule has 7 aromatic carbocycles. The lowest BCUT2D eigenvalue weighted by atomic mass is 9.55. The van der Waals surface area contributed by atoms with Crippen LogP contribution in [0.3, 0.4) is 0 Å². The lowest BCUT2D eigenvalue weighted by Gasteiger charge is -2.48. The highest BCUT2D eigenvalue weighted by Crippen LogP contribution is 2.61. The summed E-state index contributed by atoms with van der Waals surface area (Å²) in [4.78, 5) is 0. The second-order valence-electron chi connectivity index (χ2n) is 30.4. The zero-order valence-corrected chi connectivity index (χ0v) is 56.2. The molecule has 8 rings (SSSR count). The fourth-order valence-corrected chi connectivity index (χ4v) is 11.9. The topological polar surface area (TPSA) is 121 Å². The summed E-state index contributed by atoms with van der Waals surface area (Å²) in [5.41, 5.74) is 16.3. The SMILES string of the molecule is CC1=C(c2cc(C(C)(C)C)c(O)c(C(C)(C)C)c2)C(C)(Cc2ccccc2)C(c2cc(C(C)(C)C)c(O)c(C(C)(C)C)c2)C(C)=C1c1cc(C(C)(C)C)c(O)c(C(C)(C)C)c1.Cc1ccc(O)cc1.Cc1ccc(O)cc1.Cc1ccc(O)cc1. The quantitative estimate of drug-likeness (QED) is 0.102. The minimum Gasteiger partial charge on any atom is -0.508 e. The Morgan fingerprint density at radius 2 is 0.624 bits per heavy atom. The molecule has 1 aliphatic carbocycles. The molecule has 6 N–H and O–H groups in total. The Labute approximate surface area is 513 Å². The van der Waals surface area contributed by atoms with Crippen LogP contribution in [-0.4, -0.2) is 30.6 Å². The monoisotopic (exact) mass is 1150 g/mol. The van der Waals surface area contributed by atoms with Gasteiger partial charge in [-0.3, -0.25) is 0 Å². The second kappa shape index (κ2) is 25.8. The molecule has 0 saturated heterocycles. The second-order valence-corrected chi connectivity index (χ2v) is 30.4. The van der Waals surface area contributed by atoms with E-state index in [2.05, 4.69) is 212 Å². The van der Waals surface area contributed by atoms with Gasteiger partial charge in [0, 0.05) is 33.6 Å². The first kappa shape index (κ1) is 68.6. The van der Waals surface area contributed by atoms with E-state index in [1.54, 1.807) is 36.4 Å². The first-order valence-corrected chi connectivity index (χ1v) is 30.3. The maximum Gasteiger partial charge on any atom is 0.123 e. The summed E-state index contributed by atoms with van der Waals surface area (Å²) in [6, 6.07) is 45.8. The molecule has 0 spiro atoms. The molecule has 7 aromatic rings. The summed E-state index contributed by atoms with van der Waals surface area (Å²) in [6.07, 6.45) is 0.763. The first-order valence-electron chi connectivity index (χ1n) is 30.3. The molecule has 0 amide bonds. The summed E-state index contributed by atoms with van der Waals surface area (Å²) in [7, 11) is 0. The van der Waals surface area contributed by atoms with E-state index in [-0.39, 0.29) is 38.4 Å². The molecule has 0 aliphatic heterocycles. The van der Waals surface area contributed by atoms with Crippen LogP contribution < -0.4 is 0 Å². The molecule has 6 nitrogen and oxygen atoms in total. The van der Waals surface area contributed by atoms with Gasteiger partial charge in [0.15, 0.2) is 0 Å². The van der Waals surface area contributed by atoms with E-state index in [0.717, 1.165) is 50.9 Å². The van der Waals surface area contributed by atoms with Gasteiger partial charge in [0.05, 0.1) is 0 Å². The van der Waals surface area contributed by atoms with Crippen molar-refractivity contribution in [1.29, 1.82) is 0 Å². The van der Waals surface area contributed by atoms with Gasteiger partial charge in [0.2, 0.25) is 0 Å². The number of phenolic OH excluding ortho intramolecular Hbond substituents is 6. The van der Waals surface area contributed by atoms with Gasteiger partial charge < -0.3 is 30.6 Å². The molecular weight excluding hydrogens is 1040 g/mol. The van der Waals surface area contributed by atoms with Crippen molar-refractivity contribution < 1.29 is 30.6 Å². The largest absolute Gasteiger partial charge is 0.508 e. The van der Waals surface area contributed by atoms with Gasteiger partial charge in [-0.15, -0.1) is 0 Å². The number of hydrogen-bond donors (Lipinski definition) is 6. The number of phenols is 6. The molecule has 0 bridgehead atoms. The maximum absolute atomic E-state index is 12.1. The van der Waals surface area contributed by atoms with E-state index in [1.165, 1.54) is 50.1 Å². The number of aromatic hydroxyl groups is 6. The average Bonchev–Trinajstić information content (AvgIpc) is 1.10. The molecule has 0 heterocycles. The van der Waals surface area contributed by atoms with Gasteiger partial charge in [0.1, 0.15) is 34.5 Å². The third-order valence-corrected chi connectivity index (χ3v) is 16.4. The molecule has 85 heavy (non-hydrogen) atoms. The average molecular weight is 1150 g/mol. The summed E-state index contributed by atoms with van der Waals surface area (Å²) in [5.74, 6) is 1.99. The van der Waals surface area contributed by atoms with Crippen molar-refractivity contribution in [2.75, 3.05) is 0 Å². The minimum atomic E-state index is -0.502. The molecule has 2 unspecified atom stereocenters. The summed E-state index contributed by atoms with van der Waals surface area (Å²) >= 11 is 0. The van der Waals surface area contributed by atoms with Crippen molar-refractivity contribution in [2.45, 2.75) is 211 Å². The number of rotatable bonds is 5. The smallest absolute Gasteiger partial charge is 0.123 e. The molecule has 0 fully saturated rings. The first-order chi connectivity index (χ1) is 38.9. The Bertz CT molecular complexity index is 3210. The zero-order chi connectivity index (χ0) is 64.3. The standard InChI is InChI=1S/C58H80O3.3C7H8O/c1-34-46(37-27-40(52(3,4)5)49(59)41(28-37)53(6,7)8)35(2)48(39-31-44(56(15,16)17)51(61)45(32-39)57(18,19)20)58(21,33-36-25-23-22-24-26-36)47(34)38-29-42(54(9,10)11)50(60)43(30-38)55(12,13)14;3*1-6-2-4-7(8)5-3-6/h22-32,47,59-61H,33H2,1-21H3;3*2-5,8H,1H3. The van der Waals surface area contributed by atoms with E-state index >= 15 is 0 Å². The number of allylic oxidation sites excluding steroid dienone is 4. The molecule has 0 radical (unpaired) electrons. The van der Waals surface area contributed by atoms with Crippen LogP contribution in [0, 0.1) is 26.2 Å². The van der Waals surface area contributed by atoms with Crippen LogP contribution in [0.15, 0.2) is 151 Å². The summed E-state index contributed by atoms with van der Waals surface area (Å²) < 4.78 is 0. The van der Waals surface area contributed by atoms with Gasteiger partial charge in [-0.25, -0.2) is 0 Å². The van der Waals surface area contributed by atoms with E-state index in [9.17, 15) is 15.3 Å². The molecule has 0 saturated carbocycles. The van der Waals surface area contributed by atoms with Gasteiger partial charge in [-0.2, -0.15) is 0 Å². The third kappa shape index (κ3) is 16.8. The predicted octanol–water partition coefficient (Wildman–Crippen LogP) is 21.0. The fraction of sp³-hybridized carbons (Fsp3) is 0.418. The van der Waals surface area contributed by atoms with Crippen LogP contribution in [0.4, 0.5) is 0 Å². The lowest BCUT2D eigenvalue weighted by molar-refractivity contribution is 0.373. The van der Waals surface area contributed by atoms with Crippen LogP contribution in [-0.2, 0) is 38.9 Å². The number of benzene rings is 7. The van der Waals surface area contributed by atoms with Gasteiger partial charge in [-0.05, 0) is 184 Å². The van der Waals surface area contributed by atoms with Crippen molar-refractivity contribution >= 4 is 11.1 Å². The lowest BCUT2D eigenvalue weighted by Crippen LogP contribution is -2.35. The molecule has 0 aromatic heterocycles. The van der Waals surface area contributed by atoms with Crippen LogP contribution in [0.2, 0.25) is 0 Å². The Morgan fingerprint density at radius 1 is 0.353 bits per heavy atom. The highest BCUT2D eigenvalue weighted by Gasteiger charge is 2.47. The van der Waals surface area contributed by atoms with Crippen molar-refractivity contribution in [3.8, 4) is 34.5 Å². The molecule has 456 valence electrons. The van der Waals surface area contributed by atoms with Gasteiger partial charge in [-0.1, -0.05) is 233 Å². The zero-order valence-electron chi connectivity index (χ0n) is 56.2. The van der Waals surface area contributed by atoms with Gasteiger partial charge >= 0.3 is 0 Å². The third-order valence-electron chi connectivity index (χ3n) is 16.4. The van der Waals surface area contributed by atoms with Crippen molar-refractivity contribution in [1.82, 2.24) is 0 Å². The molecular formula is C79H104O6. The summed E-state index contributed by atoms with van der Waals surface area (Å²) in [6.45, 7) is 52.5. The molecule has 6 heteroatoms. The van der Waals surface area contributed by atoms with E-state index < -0.39 is 5.41 Å². The summed E-state index contributed by atoms with van der Waals surface area (Å²) in [5, 5.41) is 62.5. The predicted molar refractivity (Wildman–Crippen MR) is 361 cm³/mol. The Morgan fingerprint density at radius 3 is 0.894 bits per heavy atom. The number of aryl methyl sites for hydroxylation is 3. The molecule has 2 atom stereocenters. The van der Waals surface area contributed by atoms with Crippen molar-refractivity contribution in [3.63, 3.8) is 0 Å². The normalized spacial score (nSPS) is 15.9. The molecule has 1 aliphatic rings. The Balaban J connectivity index is 0.000000448. The van der Waals surface area contributed by atoms with E-state index in [4.69, 9.17) is 15.3 Å². The van der Waals surface area contributed by atoms with Crippen LogP contribution in [0.25, 0.3) is 11.1 Å². The van der Waals surface area contributed by atoms with Crippen molar-refractivity contribution in [2.24, 2.45) is 5.41 Å². The Kier molecular flexibility index (Phi) is 20.8. The highest BCUT2D eigenvalue weighted by molar-refractivity contribution is 5.96. The minimum absolute atomic E-state index is 0.126. The van der Waals surface area contributed by atoms with E-state index in [1.807, 2.05) is 57.2 Å². The van der Waals surface area contributed by atoms with Crippen molar-refractivity contribution in [3.05, 3.63) is 223 Å².